The molecule has 31 heavy (non-hydrogen) atoms. The van der Waals surface area contributed by atoms with Crippen LogP contribution in [0.15, 0.2) is 30.3 Å². The van der Waals surface area contributed by atoms with Crippen LogP contribution in [0.3, 0.4) is 0 Å². The number of ether oxygens (including phenoxy) is 2. The molecule has 1 aliphatic heterocycles. The van der Waals surface area contributed by atoms with E-state index in [1.54, 1.807) is 6.92 Å². The second kappa shape index (κ2) is 11.1. The minimum absolute atomic E-state index is 0.113. The van der Waals surface area contributed by atoms with Gasteiger partial charge in [-0.2, -0.15) is 0 Å². The highest BCUT2D eigenvalue weighted by Gasteiger charge is 2.36. The van der Waals surface area contributed by atoms with Gasteiger partial charge in [-0.25, -0.2) is 4.79 Å². The van der Waals surface area contributed by atoms with Gasteiger partial charge in [-0.1, -0.05) is 37.3 Å². The average molecular weight is 433 g/mol. The highest BCUT2D eigenvalue weighted by Crippen LogP contribution is 2.13. The second-order valence-corrected chi connectivity index (χ2v) is 7.34. The molecule has 0 aromatic heterocycles. The SMILES string of the molecule is COC(=O)C[C@@H](C)[C@@H](NC(=O)C[C@@H]1NC(=O)[C@H](Cc2ccccc2)NC1=O)C(=O)OC. The van der Waals surface area contributed by atoms with Gasteiger partial charge in [0.2, 0.25) is 17.7 Å². The van der Waals surface area contributed by atoms with E-state index < -0.39 is 53.7 Å². The second-order valence-electron chi connectivity index (χ2n) is 7.34. The molecule has 1 aromatic carbocycles. The standard InChI is InChI=1S/C21H27N3O7/c1-12(9-17(26)30-2)18(21(29)31-3)24-16(25)11-15-20(28)22-14(19(27)23-15)10-13-7-5-4-6-8-13/h4-8,12,14-15,18H,9-11H2,1-3H3,(H,22,28)(H,23,27)(H,24,25)/t12-,14+,15+,18-/m1/s1. The van der Waals surface area contributed by atoms with Crippen LogP contribution in [-0.2, 0) is 39.9 Å². The predicted octanol–water partition coefficient (Wildman–Crippen LogP) is -0.541. The van der Waals surface area contributed by atoms with Crippen molar-refractivity contribution in [2.24, 2.45) is 5.92 Å². The van der Waals surface area contributed by atoms with Gasteiger partial charge in [-0.05, 0) is 11.5 Å². The summed E-state index contributed by atoms with van der Waals surface area (Å²) < 4.78 is 9.28. The largest absolute Gasteiger partial charge is 0.469 e. The van der Waals surface area contributed by atoms with Gasteiger partial charge in [-0.15, -0.1) is 0 Å². The Hall–Kier alpha value is -3.43. The third kappa shape index (κ3) is 6.80. The molecule has 1 fully saturated rings. The summed E-state index contributed by atoms with van der Waals surface area (Å²) in [5.74, 6) is -3.41. The molecule has 168 valence electrons. The van der Waals surface area contributed by atoms with Gasteiger partial charge in [0.1, 0.15) is 18.1 Å². The molecule has 10 heteroatoms. The maximum atomic E-state index is 12.5. The van der Waals surface area contributed by atoms with Gasteiger partial charge < -0.3 is 25.4 Å². The van der Waals surface area contributed by atoms with E-state index in [0.29, 0.717) is 6.42 Å². The van der Waals surface area contributed by atoms with Crippen molar-refractivity contribution in [1.29, 1.82) is 0 Å². The van der Waals surface area contributed by atoms with Crippen molar-refractivity contribution in [1.82, 2.24) is 16.0 Å². The van der Waals surface area contributed by atoms with Crippen molar-refractivity contribution >= 4 is 29.7 Å². The fraction of sp³-hybridized carbons (Fsp3) is 0.476. The molecule has 10 nitrogen and oxygen atoms in total. The number of hydrogen-bond acceptors (Lipinski definition) is 7. The number of hydrogen-bond donors (Lipinski definition) is 3. The molecule has 1 aliphatic rings. The third-order valence-electron chi connectivity index (χ3n) is 5.00. The van der Waals surface area contributed by atoms with E-state index in [9.17, 15) is 24.0 Å². The Morgan fingerprint density at radius 1 is 1.00 bits per heavy atom. The lowest BCUT2D eigenvalue weighted by molar-refractivity contribution is -0.148. The molecule has 3 amide bonds. The molecule has 0 radical (unpaired) electrons. The zero-order valence-corrected chi connectivity index (χ0v) is 17.7. The fourth-order valence-electron chi connectivity index (χ4n) is 3.26. The smallest absolute Gasteiger partial charge is 0.328 e. The maximum Gasteiger partial charge on any atom is 0.328 e. The molecule has 0 spiro atoms. The molecule has 1 heterocycles. The van der Waals surface area contributed by atoms with Crippen LogP contribution in [0, 0.1) is 5.92 Å². The maximum absolute atomic E-state index is 12.5. The molecule has 1 saturated heterocycles. The van der Waals surface area contributed by atoms with E-state index in [1.165, 1.54) is 7.11 Å². The number of carbonyl (C=O) groups is 5. The number of benzene rings is 1. The number of amides is 3. The third-order valence-corrected chi connectivity index (χ3v) is 5.00. The Labute approximate surface area is 180 Å². The van der Waals surface area contributed by atoms with Crippen molar-refractivity contribution in [3.05, 3.63) is 35.9 Å². The van der Waals surface area contributed by atoms with Crippen molar-refractivity contribution < 1.29 is 33.4 Å². The predicted molar refractivity (Wildman–Crippen MR) is 108 cm³/mol. The topological polar surface area (TPSA) is 140 Å². The zero-order valence-electron chi connectivity index (χ0n) is 17.7. The van der Waals surface area contributed by atoms with Crippen LogP contribution >= 0.6 is 0 Å². The van der Waals surface area contributed by atoms with Gasteiger partial charge in [0, 0.05) is 6.42 Å². The van der Waals surface area contributed by atoms with Crippen molar-refractivity contribution in [3.63, 3.8) is 0 Å². The van der Waals surface area contributed by atoms with E-state index in [2.05, 4.69) is 20.7 Å². The summed E-state index contributed by atoms with van der Waals surface area (Å²) in [5.41, 5.74) is 0.889. The first-order valence-corrected chi connectivity index (χ1v) is 9.83. The Morgan fingerprint density at radius 3 is 2.23 bits per heavy atom. The summed E-state index contributed by atoms with van der Waals surface area (Å²) in [6.07, 6.45) is -0.154. The summed E-state index contributed by atoms with van der Waals surface area (Å²) in [6.45, 7) is 1.59. The van der Waals surface area contributed by atoms with E-state index >= 15 is 0 Å². The first-order chi connectivity index (χ1) is 14.7. The van der Waals surface area contributed by atoms with Gasteiger partial charge in [-0.3, -0.25) is 19.2 Å². The molecular formula is C21H27N3O7. The number of rotatable bonds is 9. The fourth-order valence-corrected chi connectivity index (χ4v) is 3.26. The van der Waals surface area contributed by atoms with Crippen LogP contribution in [0.1, 0.15) is 25.3 Å². The summed E-state index contributed by atoms with van der Waals surface area (Å²) >= 11 is 0. The summed E-state index contributed by atoms with van der Waals surface area (Å²) in [4.78, 5) is 60.8. The lowest BCUT2D eigenvalue weighted by Crippen LogP contribution is -2.63. The van der Waals surface area contributed by atoms with Crippen molar-refractivity contribution in [2.45, 2.75) is 44.3 Å². The Balaban J connectivity index is 1.95. The monoisotopic (exact) mass is 433 g/mol. The van der Waals surface area contributed by atoms with Gasteiger partial charge in [0.25, 0.3) is 0 Å². The normalized spacial score (nSPS) is 20.0. The summed E-state index contributed by atoms with van der Waals surface area (Å²) in [5, 5.41) is 7.66. The lowest BCUT2D eigenvalue weighted by atomic mass is 9.97. The van der Waals surface area contributed by atoms with Gasteiger partial charge in [0.05, 0.1) is 27.1 Å². The highest BCUT2D eigenvalue weighted by molar-refractivity contribution is 5.99. The number of piperazine rings is 1. The van der Waals surface area contributed by atoms with Crippen LogP contribution < -0.4 is 16.0 Å². The van der Waals surface area contributed by atoms with E-state index in [4.69, 9.17) is 4.74 Å². The average Bonchev–Trinajstić information content (AvgIpc) is 2.75. The Kier molecular flexibility index (Phi) is 8.53. The van der Waals surface area contributed by atoms with Gasteiger partial charge in [0.15, 0.2) is 0 Å². The molecular weight excluding hydrogens is 406 g/mol. The molecule has 2 rings (SSSR count). The van der Waals surface area contributed by atoms with Crippen LogP contribution in [0.2, 0.25) is 0 Å². The molecule has 1 aromatic rings. The molecule has 0 bridgehead atoms. The van der Waals surface area contributed by atoms with E-state index in [1.807, 2.05) is 30.3 Å². The Morgan fingerprint density at radius 2 is 1.61 bits per heavy atom. The summed E-state index contributed by atoms with van der Waals surface area (Å²) in [7, 11) is 2.38. The highest BCUT2D eigenvalue weighted by atomic mass is 16.5. The minimum atomic E-state index is -1.11. The quantitative estimate of drug-likeness (QED) is 0.444. The summed E-state index contributed by atoms with van der Waals surface area (Å²) in [6, 6.07) is 6.30. The number of methoxy groups -OCH3 is 2. The Bertz CT molecular complexity index is 828. The van der Waals surface area contributed by atoms with Crippen LogP contribution in [0.5, 0.6) is 0 Å². The number of carbonyl (C=O) groups excluding carboxylic acids is 5. The van der Waals surface area contributed by atoms with Crippen LogP contribution in [0.4, 0.5) is 0 Å². The van der Waals surface area contributed by atoms with Crippen LogP contribution in [-0.4, -0.2) is 62.0 Å². The molecule has 0 unspecified atom stereocenters. The van der Waals surface area contributed by atoms with Crippen molar-refractivity contribution in [3.8, 4) is 0 Å². The van der Waals surface area contributed by atoms with E-state index in [-0.39, 0.29) is 12.8 Å². The van der Waals surface area contributed by atoms with Crippen LogP contribution in [0.25, 0.3) is 0 Å². The first-order valence-electron chi connectivity index (χ1n) is 9.83. The van der Waals surface area contributed by atoms with Crippen molar-refractivity contribution in [2.75, 3.05) is 14.2 Å². The number of nitrogens with one attached hydrogen (secondary N) is 3. The van der Waals surface area contributed by atoms with Gasteiger partial charge >= 0.3 is 11.9 Å². The number of esters is 2. The molecule has 0 saturated carbocycles. The molecule has 3 N–H and O–H groups in total. The zero-order chi connectivity index (χ0) is 23.0. The molecule has 4 atom stereocenters. The van der Waals surface area contributed by atoms with E-state index in [0.717, 1.165) is 12.7 Å². The molecule has 0 aliphatic carbocycles. The lowest BCUT2D eigenvalue weighted by Gasteiger charge is -2.30. The minimum Gasteiger partial charge on any atom is -0.469 e. The first kappa shape index (κ1) is 23.8.